The Labute approximate surface area is 215 Å². The molecule has 0 radical (unpaired) electrons. The van der Waals surface area contributed by atoms with Gasteiger partial charge in [0.1, 0.15) is 0 Å². The van der Waals surface area contributed by atoms with Crippen LogP contribution in [0.3, 0.4) is 0 Å². The molecule has 5 heterocycles. The van der Waals surface area contributed by atoms with Crippen LogP contribution in [0.2, 0.25) is 0 Å². The average Bonchev–Trinajstić information content (AvgIpc) is 3.63. The quantitative estimate of drug-likeness (QED) is 0.477. The Balaban J connectivity index is 1.49. The molecule has 3 fully saturated rings. The van der Waals surface area contributed by atoms with Crippen LogP contribution in [0.1, 0.15) is 18.5 Å². The molecule has 0 spiro atoms. The Bertz CT molecular complexity index is 1420. The topological polar surface area (TPSA) is 148 Å². The first kappa shape index (κ1) is 24.2. The number of piperazine rings is 1. The molecular weight excluding hydrogens is 496 g/mol. The van der Waals surface area contributed by atoms with Crippen molar-refractivity contribution in [3.63, 3.8) is 0 Å². The van der Waals surface area contributed by atoms with E-state index in [1.54, 1.807) is 6.20 Å². The van der Waals surface area contributed by atoms with Crippen LogP contribution in [0.15, 0.2) is 6.20 Å². The summed E-state index contributed by atoms with van der Waals surface area (Å²) < 4.78 is 33.5. The van der Waals surface area contributed by atoms with E-state index in [1.165, 1.54) is 23.4 Å². The summed E-state index contributed by atoms with van der Waals surface area (Å²) in [6.07, 6.45) is 5.30. The van der Waals surface area contributed by atoms with Gasteiger partial charge in [-0.25, -0.2) is 33.3 Å². The first-order valence-electron chi connectivity index (χ1n) is 12.7. The predicted octanol–water partition coefficient (Wildman–Crippen LogP) is 0.502. The fraction of sp³-hybridized carbons (Fsp3) is 0.609. The summed E-state index contributed by atoms with van der Waals surface area (Å²) >= 11 is 0. The molecule has 2 aliphatic heterocycles. The number of nitrogen functional groups attached to an aromatic ring is 1. The van der Waals surface area contributed by atoms with Crippen LogP contribution >= 0.6 is 0 Å². The molecule has 1 aliphatic carbocycles. The first-order valence-corrected chi connectivity index (χ1v) is 14.5. The van der Waals surface area contributed by atoms with Crippen molar-refractivity contribution in [3.05, 3.63) is 11.9 Å². The highest BCUT2D eigenvalue weighted by Crippen LogP contribution is 2.37. The second-order valence-corrected chi connectivity index (χ2v) is 12.0. The predicted molar refractivity (Wildman–Crippen MR) is 140 cm³/mol. The van der Waals surface area contributed by atoms with E-state index in [2.05, 4.69) is 24.3 Å². The van der Waals surface area contributed by atoms with Gasteiger partial charge in [0, 0.05) is 52.0 Å². The van der Waals surface area contributed by atoms with Gasteiger partial charge in [-0.15, -0.1) is 0 Å². The number of sulfonamides is 1. The number of morpholine rings is 1. The molecule has 198 valence electrons. The molecule has 0 atom stereocenters. The molecule has 0 amide bonds. The minimum absolute atomic E-state index is 0.213. The van der Waals surface area contributed by atoms with Crippen LogP contribution in [0.25, 0.3) is 22.6 Å². The van der Waals surface area contributed by atoms with Crippen molar-refractivity contribution >= 4 is 38.9 Å². The third kappa shape index (κ3) is 4.80. The molecule has 14 heteroatoms. The third-order valence-electron chi connectivity index (χ3n) is 7.23. The number of aryl methyl sites for hydroxylation is 1. The van der Waals surface area contributed by atoms with Gasteiger partial charge in [0.25, 0.3) is 0 Å². The summed E-state index contributed by atoms with van der Waals surface area (Å²) in [4.78, 5) is 28.0. The molecule has 37 heavy (non-hydrogen) atoms. The molecule has 0 bridgehead atoms. The number of hydrogen-bond donors (Lipinski definition) is 1. The van der Waals surface area contributed by atoms with Gasteiger partial charge in [0.15, 0.2) is 22.8 Å². The van der Waals surface area contributed by atoms with Crippen molar-refractivity contribution in [3.8, 4) is 11.4 Å². The van der Waals surface area contributed by atoms with Crippen LogP contribution < -0.4 is 15.5 Å². The molecule has 0 aromatic carbocycles. The summed E-state index contributed by atoms with van der Waals surface area (Å²) in [5.74, 6) is 2.92. The summed E-state index contributed by atoms with van der Waals surface area (Å²) in [6, 6.07) is 0. The zero-order valence-electron chi connectivity index (χ0n) is 21.2. The van der Waals surface area contributed by atoms with Gasteiger partial charge < -0.3 is 20.3 Å². The largest absolute Gasteiger partial charge is 0.378 e. The number of imidazole rings is 1. The smallest absolute Gasteiger partial charge is 0.220 e. The zero-order chi connectivity index (χ0) is 25.7. The van der Waals surface area contributed by atoms with Gasteiger partial charge >= 0.3 is 0 Å². The summed E-state index contributed by atoms with van der Waals surface area (Å²) in [7, 11) is -3.22. The van der Waals surface area contributed by atoms with Crippen molar-refractivity contribution in [1.82, 2.24) is 33.8 Å². The van der Waals surface area contributed by atoms with Crippen molar-refractivity contribution < 1.29 is 13.2 Å². The van der Waals surface area contributed by atoms with Gasteiger partial charge in [-0.05, 0) is 25.7 Å². The highest BCUT2D eigenvalue weighted by molar-refractivity contribution is 7.88. The Morgan fingerprint density at radius 3 is 2.38 bits per heavy atom. The molecule has 13 nitrogen and oxygen atoms in total. The Kier molecular flexibility index (Phi) is 6.12. The highest BCUT2D eigenvalue weighted by atomic mass is 32.2. The molecule has 3 aliphatic rings. The van der Waals surface area contributed by atoms with Crippen LogP contribution in [0.5, 0.6) is 0 Å². The van der Waals surface area contributed by atoms with Gasteiger partial charge in [0.05, 0.1) is 30.7 Å². The van der Waals surface area contributed by atoms with E-state index in [0.29, 0.717) is 69.9 Å². The van der Waals surface area contributed by atoms with E-state index in [0.717, 1.165) is 35.0 Å². The fourth-order valence-corrected chi connectivity index (χ4v) is 5.81. The number of nitrogens with zero attached hydrogens (tertiary/aromatic N) is 9. The lowest BCUT2D eigenvalue weighted by molar-refractivity contribution is 0.122. The Morgan fingerprint density at radius 1 is 1.00 bits per heavy atom. The van der Waals surface area contributed by atoms with E-state index in [4.69, 9.17) is 25.4 Å². The Hall–Kier alpha value is -3.10. The summed E-state index contributed by atoms with van der Waals surface area (Å²) in [5.41, 5.74) is 8.77. The van der Waals surface area contributed by atoms with Crippen molar-refractivity contribution in [2.24, 2.45) is 5.92 Å². The molecule has 6 rings (SSSR count). The normalized spacial score (nSPS) is 19.6. The first-order chi connectivity index (χ1) is 17.8. The van der Waals surface area contributed by atoms with Gasteiger partial charge in [-0.2, -0.15) is 4.31 Å². The summed E-state index contributed by atoms with van der Waals surface area (Å²) in [5, 5.41) is 0. The van der Waals surface area contributed by atoms with Gasteiger partial charge in [-0.1, -0.05) is 0 Å². The maximum absolute atomic E-state index is 12.1. The monoisotopic (exact) mass is 528 g/mol. The number of nitrogens with two attached hydrogens (primary N) is 1. The fourth-order valence-electron chi connectivity index (χ4n) is 4.98. The molecule has 1 saturated carbocycles. The van der Waals surface area contributed by atoms with Crippen LogP contribution in [-0.2, 0) is 21.3 Å². The third-order valence-corrected chi connectivity index (χ3v) is 8.54. The minimum Gasteiger partial charge on any atom is -0.378 e. The average molecular weight is 529 g/mol. The maximum Gasteiger partial charge on any atom is 0.220 e. The zero-order valence-corrected chi connectivity index (χ0v) is 22.0. The second kappa shape index (κ2) is 9.33. The standard InChI is InChI=1S/C23H32N10O3S/c1-15-17(13-25-22(24)26-15)19-28-20(30-9-11-36-12-10-30)18-21(29-19)33(14-16-3-4-16)23(27-18)31-5-7-32(8-6-31)37(2,34)35/h13,16H,3-12,14H2,1-2H3,(H2,24,25,26). The van der Waals surface area contributed by atoms with Crippen molar-refractivity contribution in [2.75, 3.05) is 74.3 Å². The van der Waals surface area contributed by atoms with Crippen LogP contribution in [0, 0.1) is 12.8 Å². The minimum atomic E-state index is -3.22. The van der Waals surface area contributed by atoms with E-state index >= 15 is 0 Å². The van der Waals surface area contributed by atoms with Gasteiger partial charge in [0.2, 0.25) is 21.9 Å². The van der Waals surface area contributed by atoms with E-state index in [-0.39, 0.29) is 5.95 Å². The van der Waals surface area contributed by atoms with Gasteiger partial charge in [-0.3, -0.25) is 4.57 Å². The molecular formula is C23H32N10O3S. The molecule has 3 aromatic heterocycles. The molecule has 3 aromatic rings. The lowest BCUT2D eigenvalue weighted by atomic mass is 10.2. The molecule has 2 saturated heterocycles. The number of fused-ring (bicyclic) bond motifs is 1. The van der Waals surface area contributed by atoms with Crippen molar-refractivity contribution in [1.29, 1.82) is 0 Å². The SMILES string of the molecule is Cc1nc(N)ncc1-c1nc(N2CCOCC2)c2nc(N3CCN(S(C)(=O)=O)CC3)n(CC3CC3)c2n1. The maximum atomic E-state index is 12.1. The number of anilines is 3. The molecule has 0 unspecified atom stereocenters. The second-order valence-electron chi connectivity index (χ2n) is 9.98. The molecule has 2 N–H and O–H groups in total. The number of hydrogen-bond acceptors (Lipinski definition) is 11. The number of rotatable bonds is 6. The Morgan fingerprint density at radius 2 is 1.73 bits per heavy atom. The lowest BCUT2D eigenvalue weighted by Gasteiger charge is -2.34. The van der Waals surface area contributed by atoms with Crippen LogP contribution in [0.4, 0.5) is 17.7 Å². The lowest BCUT2D eigenvalue weighted by Crippen LogP contribution is -2.49. The number of aromatic nitrogens is 6. The van der Waals surface area contributed by atoms with Crippen molar-refractivity contribution in [2.45, 2.75) is 26.3 Å². The van der Waals surface area contributed by atoms with Crippen LogP contribution in [-0.4, -0.2) is 101 Å². The summed E-state index contributed by atoms with van der Waals surface area (Å²) in [6.45, 7) is 7.35. The number of ether oxygens (including phenoxy) is 1. The van der Waals surface area contributed by atoms with E-state index in [9.17, 15) is 8.42 Å². The van der Waals surface area contributed by atoms with E-state index < -0.39 is 10.0 Å². The highest BCUT2D eigenvalue weighted by Gasteiger charge is 2.32. The van der Waals surface area contributed by atoms with E-state index in [1.807, 2.05) is 6.92 Å².